The summed E-state index contributed by atoms with van der Waals surface area (Å²) in [5.41, 5.74) is 0.947. The highest BCUT2D eigenvalue weighted by atomic mass is 32.1. The number of benzene rings is 2. The lowest BCUT2D eigenvalue weighted by Gasteiger charge is -2.13. The average Bonchev–Trinajstić information content (AvgIpc) is 3.17. The Bertz CT molecular complexity index is 1280. The van der Waals surface area contributed by atoms with E-state index in [-0.39, 0.29) is 22.8 Å². The lowest BCUT2D eigenvalue weighted by Crippen LogP contribution is -2.43. The summed E-state index contributed by atoms with van der Waals surface area (Å²) in [7, 11) is 1.18. The number of fused-ring (bicyclic) bond motifs is 1. The third kappa shape index (κ3) is 4.72. The second-order valence-corrected chi connectivity index (χ2v) is 8.01. The Morgan fingerprint density at radius 2 is 1.97 bits per heavy atom. The van der Waals surface area contributed by atoms with E-state index in [1.807, 2.05) is 0 Å². The standard InChI is InChI=1S/C22H17FN4O5S/c1-32-21(31)17-18(11-5-4-6-12(23)9-11)33-22(27-17)26-16(28)10-15-20(30)24-14-8-3-2-7-13(14)19(29)25-15/h2-9,15H,10H2,1H3,(H,24,30)(H,25,29)(H,26,27,28). The Hall–Kier alpha value is -4.12. The lowest BCUT2D eigenvalue weighted by atomic mass is 10.1. The molecule has 0 bridgehead atoms. The average molecular weight is 468 g/mol. The van der Waals surface area contributed by atoms with Crippen LogP contribution in [0.4, 0.5) is 15.2 Å². The SMILES string of the molecule is COC(=O)c1nc(NC(=O)CC2NC(=O)c3ccccc3NC2=O)sc1-c1cccc(F)c1. The van der Waals surface area contributed by atoms with Crippen LogP contribution in [0.15, 0.2) is 48.5 Å². The molecule has 2 aromatic carbocycles. The summed E-state index contributed by atoms with van der Waals surface area (Å²) in [6, 6.07) is 10.9. The van der Waals surface area contributed by atoms with Gasteiger partial charge in [-0.15, -0.1) is 0 Å². The number of nitrogens with zero attached hydrogens (tertiary/aromatic N) is 1. The van der Waals surface area contributed by atoms with Gasteiger partial charge in [0.25, 0.3) is 5.91 Å². The van der Waals surface area contributed by atoms with E-state index < -0.39 is 35.5 Å². The van der Waals surface area contributed by atoms with E-state index in [0.717, 1.165) is 11.3 Å². The number of aromatic nitrogens is 1. The summed E-state index contributed by atoms with van der Waals surface area (Å²) in [4.78, 5) is 54.1. The minimum atomic E-state index is -1.12. The molecule has 1 aromatic heterocycles. The van der Waals surface area contributed by atoms with Gasteiger partial charge in [0.2, 0.25) is 11.8 Å². The fraction of sp³-hybridized carbons (Fsp3) is 0.136. The monoisotopic (exact) mass is 468 g/mol. The first kappa shape index (κ1) is 22.1. The van der Waals surface area contributed by atoms with E-state index in [1.165, 1.54) is 25.3 Å². The molecule has 0 fully saturated rings. The van der Waals surface area contributed by atoms with Gasteiger partial charge in [0.1, 0.15) is 11.9 Å². The Kier molecular flexibility index (Phi) is 6.13. The van der Waals surface area contributed by atoms with Gasteiger partial charge in [-0.05, 0) is 29.8 Å². The molecule has 1 unspecified atom stereocenters. The Labute approximate surface area is 191 Å². The highest BCUT2D eigenvalue weighted by molar-refractivity contribution is 7.19. The summed E-state index contributed by atoms with van der Waals surface area (Å²) < 4.78 is 18.4. The predicted molar refractivity (Wildman–Crippen MR) is 118 cm³/mol. The number of para-hydroxylation sites is 1. The molecule has 0 saturated carbocycles. The zero-order valence-electron chi connectivity index (χ0n) is 17.2. The molecule has 1 aliphatic rings. The maximum absolute atomic E-state index is 13.7. The fourth-order valence-corrected chi connectivity index (χ4v) is 4.21. The first-order valence-electron chi connectivity index (χ1n) is 9.71. The molecular formula is C22H17FN4O5S. The summed E-state index contributed by atoms with van der Waals surface area (Å²) in [6.45, 7) is 0. The van der Waals surface area contributed by atoms with Crippen molar-refractivity contribution in [2.75, 3.05) is 17.7 Å². The zero-order chi connectivity index (χ0) is 23.5. The maximum Gasteiger partial charge on any atom is 0.358 e. The van der Waals surface area contributed by atoms with Crippen molar-refractivity contribution >= 4 is 45.8 Å². The summed E-state index contributed by atoms with van der Waals surface area (Å²) in [6.07, 6.45) is -0.367. The van der Waals surface area contributed by atoms with E-state index >= 15 is 0 Å². The number of methoxy groups -OCH3 is 1. The molecule has 3 N–H and O–H groups in total. The molecular weight excluding hydrogens is 451 g/mol. The number of nitrogens with one attached hydrogen (secondary N) is 3. The highest BCUT2D eigenvalue weighted by Gasteiger charge is 2.30. The number of thiazole rings is 1. The molecule has 0 spiro atoms. The number of hydrogen-bond acceptors (Lipinski definition) is 7. The third-order valence-corrected chi connectivity index (χ3v) is 5.80. The Balaban J connectivity index is 1.52. The van der Waals surface area contributed by atoms with Crippen LogP contribution in [0.25, 0.3) is 10.4 Å². The summed E-state index contributed by atoms with van der Waals surface area (Å²) in [5, 5.41) is 7.74. The molecule has 1 aliphatic heterocycles. The number of amides is 3. The molecule has 0 aliphatic carbocycles. The van der Waals surface area contributed by atoms with Crippen molar-refractivity contribution in [1.29, 1.82) is 0 Å². The second kappa shape index (κ2) is 9.17. The van der Waals surface area contributed by atoms with Crippen LogP contribution in [0.1, 0.15) is 27.3 Å². The number of ether oxygens (including phenoxy) is 1. The Morgan fingerprint density at radius 1 is 1.18 bits per heavy atom. The largest absolute Gasteiger partial charge is 0.464 e. The van der Waals surface area contributed by atoms with E-state index in [1.54, 1.807) is 30.3 Å². The highest BCUT2D eigenvalue weighted by Crippen LogP contribution is 2.34. The molecule has 9 nitrogen and oxygen atoms in total. The Morgan fingerprint density at radius 3 is 2.73 bits per heavy atom. The van der Waals surface area contributed by atoms with Crippen LogP contribution in [0.2, 0.25) is 0 Å². The smallest absolute Gasteiger partial charge is 0.358 e. The van der Waals surface area contributed by atoms with Gasteiger partial charge in [-0.1, -0.05) is 35.6 Å². The molecule has 3 amide bonds. The molecule has 0 saturated heterocycles. The number of esters is 1. The molecule has 3 aromatic rings. The number of halogens is 1. The number of anilines is 2. The number of carbonyl (C=O) groups excluding carboxylic acids is 4. The first-order chi connectivity index (χ1) is 15.9. The molecule has 11 heteroatoms. The molecule has 4 rings (SSSR count). The van der Waals surface area contributed by atoms with E-state index in [4.69, 9.17) is 4.74 Å². The van der Waals surface area contributed by atoms with Crippen molar-refractivity contribution in [3.8, 4) is 10.4 Å². The molecule has 168 valence electrons. The van der Waals surface area contributed by atoms with Crippen molar-refractivity contribution in [3.05, 3.63) is 65.6 Å². The van der Waals surface area contributed by atoms with Crippen LogP contribution in [-0.4, -0.2) is 41.8 Å². The van der Waals surface area contributed by atoms with Crippen LogP contribution in [0.5, 0.6) is 0 Å². The second-order valence-electron chi connectivity index (χ2n) is 7.01. The molecule has 2 heterocycles. The predicted octanol–water partition coefficient (Wildman–Crippen LogP) is 2.82. The fourth-order valence-electron chi connectivity index (χ4n) is 3.24. The van der Waals surface area contributed by atoms with Crippen molar-refractivity contribution in [2.45, 2.75) is 12.5 Å². The van der Waals surface area contributed by atoms with E-state index in [9.17, 15) is 23.6 Å². The quantitative estimate of drug-likeness (QED) is 0.495. The molecule has 0 radical (unpaired) electrons. The van der Waals surface area contributed by atoms with Gasteiger partial charge >= 0.3 is 5.97 Å². The minimum absolute atomic E-state index is 0.0586. The van der Waals surface area contributed by atoms with Gasteiger partial charge in [0.15, 0.2) is 10.8 Å². The van der Waals surface area contributed by atoms with Gasteiger partial charge in [-0.3, -0.25) is 14.4 Å². The normalized spacial score (nSPS) is 15.0. The van der Waals surface area contributed by atoms with Crippen LogP contribution < -0.4 is 16.0 Å². The van der Waals surface area contributed by atoms with Crippen LogP contribution in [-0.2, 0) is 14.3 Å². The van der Waals surface area contributed by atoms with Crippen molar-refractivity contribution in [3.63, 3.8) is 0 Å². The van der Waals surface area contributed by atoms with Crippen molar-refractivity contribution in [2.24, 2.45) is 0 Å². The van der Waals surface area contributed by atoms with Gasteiger partial charge in [-0.2, -0.15) is 0 Å². The van der Waals surface area contributed by atoms with Crippen LogP contribution in [0.3, 0.4) is 0 Å². The van der Waals surface area contributed by atoms with E-state index in [2.05, 4.69) is 20.9 Å². The molecule has 1 atom stereocenters. The minimum Gasteiger partial charge on any atom is -0.464 e. The van der Waals surface area contributed by atoms with Crippen LogP contribution >= 0.6 is 11.3 Å². The summed E-state index contributed by atoms with van der Waals surface area (Å²) >= 11 is 0.952. The summed E-state index contributed by atoms with van der Waals surface area (Å²) in [5.74, 6) is -2.90. The van der Waals surface area contributed by atoms with Crippen molar-refractivity contribution in [1.82, 2.24) is 10.3 Å². The van der Waals surface area contributed by atoms with Crippen molar-refractivity contribution < 1.29 is 28.3 Å². The first-order valence-corrected chi connectivity index (χ1v) is 10.5. The molecule has 33 heavy (non-hydrogen) atoms. The van der Waals surface area contributed by atoms with Gasteiger partial charge in [0.05, 0.1) is 29.7 Å². The topological polar surface area (TPSA) is 126 Å². The number of rotatable bonds is 5. The number of carbonyl (C=O) groups is 4. The zero-order valence-corrected chi connectivity index (χ0v) is 18.0. The van der Waals surface area contributed by atoms with Gasteiger partial charge < -0.3 is 20.7 Å². The van der Waals surface area contributed by atoms with Gasteiger partial charge in [0, 0.05) is 0 Å². The number of hydrogen-bond donors (Lipinski definition) is 3. The van der Waals surface area contributed by atoms with Gasteiger partial charge in [-0.25, -0.2) is 14.2 Å². The lowest BCUT2D eigenvalue weighted by molar-refractivity contribution is -0.122. The van der Waals surface area contributed by atoms with Crippen LogP contribution in [0, 0.1) is 5.82 Å². The third-order valence-electron chi connectivity index (χ3n) is 4.78. The van der Waals surface area contributed by atoms with E-state index in [0.29, 0.717) is 16.1 Å². The maximum atomic E-state index is 13.7.